The van der Waals surface area contributed by atoms with Crippen molar-refractivity contribution >= 4 is 23.6 Å². The molecule has 1 amide bonds. The number of rotatable bonds is 7. The van der Waals surface area contributed by atoms with E-state index in [4.69, 9.17) is 9.47 Å². The van der Waals surface area contributed by atoms with E-state index in [9.17, 15) is 14.9 Å². The minimum atomic E-state index is -0.483. The Morgan fingerprint density at radius 3 is 2.27 bits per heavy atom. The third-order valence-electron chi connectivity index (χ3n) is 5.07. The second-order valence-electron chi connectivity index (χ2n) is 7.41. The van der Waals surface area contributed by atoms with Gasteiger partial charge in [0.25, 0.3) is 5.91 Å². The van der Waals surface area contributed by atoms with Crippen LogP contribution in [0.5, 0.6) is 5.75 Å². The molecule has 0 aliphatic rings. The predicted octanol–water partition coefficient (Wildman–Crippen LogP) is 5.21. The van der Waals surface area contributed by atoms with Crippen molar-refractivity contribution in [2.75, 3.05) is 12.4 Å². The fourth-order valence-corrected chi connectivity index (χ4v) is 3.24. The van der Waals surface area contributed by atoms with Crippen LogP contribution in [0, 0.1) is 25.2 Å². The molecule has 33 heavy (non-hydrogen) atoms. The second kappa shape index (κ2) is 10.8. The first-order chi connectivity index (χ1) is 15.9. The first kappa shape index (κ1) is 23.3. The van der Waals surface area contributed by atoms with Crippen molar-refractivity contribution in [1.82, 2.24) is 0 Å². The van der Waals surface area contributed by atoms with Gasteiger partial charge in [-0.05, 0) is 54.8 Å². The molecular weight excluding hydrogens is 416 g/mol. The zero-order valence-electron chi connectivity index (χ0n) is 18.7. The molecule has 3 aromatic rings. The van der Waals surface area contributed by atoms with Crippen LogP contribution >= 0.6 is 0 Å². The van der Waals surface area contributed by atoms with Gasteiger partial charge in [-0.2, -0.15) is 5.26 Å². The van der Waals surface area contributed by atoms with E-state index in [1.165, 1.54) is 13.2 Å². The van der Waals surface area contributed by atoms with Gasteiger partial charge < -0.3 is 14.8 Å². The van der Waals surface area contributed by atoms with Crippen LogP contribution in [0.1, 0.15) is 32.6 Å². The Morgan fingerprint density at radius 2 is 1.64 bits per heavy atom. The van der Waals surface area contributed by atoms with Crippen LogP contribution in [0.4, 0.5) is 5.69 Å². The summed E-state index contributed by atoms with van der Waals surface area (Å²) >= 11 is 0. The quantitative estimate of drug-likeness (QED) is 0.309. The molecule has 3 aromatic carbocycles. The molecule has 0 radical (unpaired) electrons. The summed E-state index contributed by atoms with van der Waals surface area (Å²) in [6.45, 7) is 4.06. The number of carbonyl (C=O) groups excluding carboxylic acids is 2. The van der Waals surface area contributed by atoms with Crippen LogP contribution in [0.25, 0.3) is 6.08 Å². The third-order valence-corrected chi connectivity index (χ3v) is 5.07. The van der Waals surface area contributed by atoms with Crippen LogP contribution < -0.4 is 10.1 Å². The van der Waals surface area contributed by atoms with Crippen LogP contribution in [-0.4, -0.2) is 19.0 Å². The number of nitriles is 1. The van der Waals surface area contributed by atoms with Crippen LogP contribution in [0.2, 0.25) is 0 Å². The molecule has 0 unspecified atom stereocenters. The highest BCUT2D eigenvalue weighted by atomic mass is 16.5. The fourth-order valence-electron chi connectivity index (χ4n) is 3.24. The molecule has 0 saturated carbocycles. The van der Waals surface area contributed by atoms with E-state index in [-0.39, 0.29) is 12.2 Å². The Balaban J connectivity index is 1.77. The Kier molecular flexibility index (Phi) is 7.61. The van der Waals surface area contributed by atoms with Gasteiger partial charge in [0.2, 0.25) is 0 Å². The SMILES string of the molecule is COC(=O)c1ccc(COc2ccccc2/C=C(/C#N)C(=O)Nc2c(C)cccc2C)cc1. The molecule has 0 bridgehead atoms. The van der Waals surface area contributed by atoms with Crippen molar-refractivity contribution in [3.63, 3.8) is 0 Å². The summed E-state index contributed by atoms with van der Waals surface area (Å²) in [7, 11) is 1.34. The molecule has 0 fully saturated rings. The maximum atomic E-state index is 12.8. The zero-order valence-corrected chi connectivity index (χ0v) is 18.7. The average molecular weight is 440 g/mol. The topological polar surface area (TPSA) is 88.4 Å². The third kappa shape index (κ3) is 5.86. The van der Waals surface area contributed by atoms with Crippen molar-refractivity contribution in [2.24, 2.45) is 0 Å². The number of methoxy groups -OCH3 is 1. The molecule has 0 heterocycles. The van der Waals surface area contributed by atoms with Gasteiger partial charge in [-0.3, -0.25) is 4.79 Å². The van der Waals surface area contributed by atoms with Gasteiger partial charge >= 0.3 is 5.97 Å². The summed E-state index contributed by atoms with van der Waals surface area (Å²) in [5.74, 6) is -0.355. The van der Waals surface area contributed by atoms with Crippen molar-refractivity contribution < 1.29 is 19.1 Å². The number of aryl methyl sites for hydroxylation is 2. The maximum absolute atomic E-state index is 12.8. The Bertz CT molecular complexity index is 1220. The van der Waals surface area contributed by atoms with Crippen LogP contribution in [0.15, 0.2) is 72.3 Å². The average Bonchev–Trinajstić information content (AvgIpc) is 2.83. The highest BCUT2D eigenvalue weighted by molar-refractivity contribution is 6.10. The second-order valence-corrected chi connectivity index (χ2v) is 7.41. The van der Waals surface area contributed by atoms with Gasteiger partial charge in [0, 0.05) is 11.3 Å². The van der Waals surface area contributed by atoms with Crippen LogP contribution in [-0.2, 0) is 16.1 Å². The van der Waals surface area contributed by atoms with E-state index >= 15 is 0 Å². The number of amides is 1. The van der Waals surface area contributed by atoms with Gasteiger partial charge in [0.1, 0.15) is 24.0 Å². The van der Waals surface area contributed by atoms with Gasteiger partial charge in [0.15, 0.2) is 0 Å². The van der Waals surface area contributed by atoms with E-state index in [1.807, 2.05) is 50.2 Å². The van der Waals surface area contributed by atoms with Crippen molar-refractivity contribution in [1.29, 1.82) is 5.26 Å². The molecule has 3 rings (SSSR count). The summed E-state index contributed by atoms with van der Waals surface area (Å²) in [5.41, 5.74) is 4.43. The number of hydrogen-bond donors (Lipinski definition) is 1. The molecule has 6 heteroatoms. The number of anilines is 1. The van der Waals surface area contributed by atoms with Gasteiger partial charge in [-0.1, -0.05) is 48.5 Å². The molecule has 0 aliphatic heterocycles. The largest absolute Gasteiger partial charge is 0.488 e. The van der Waals surface area contributed by atoms with Gasteiger partial charge in [0.05, 0.1) is 12.7 Å². The summed E-state index contributed by atoms with van der Waals surface area (Å²) < 4.78 is 10.6. The highest BCUT2D eigenvalue weighted by Crippen LogP contribution is 2.24. The molecular formula is C27H24N2O4. The molecule has 6 nitrogen and oxygen atoms in total. The summed E-state index contributed by atoms with van der Waals surface area (Å²) in [6.07, 6.45) is 1.51. The van der Waals surface area contributed by atoms with E-state index in [1.54, 1.807) is 36.4 Å². The molecule has 0 aliphatic carbocycles. The molecule has 0 aromatic heterocycles. The number of nitrogens with zero attached hydrogens (tertiary/aromatic N) is 1. The summed E-state index contributed by atoms with van der Waals surface area (Å²) in [4.78, 5) is 24.3. The first-order valence-corrected chi connectivity index (χ1v) is 10.3. The minimum Gasteiger partial charge on any atom is -0.488 e. The van der Waals surface area contributed by atoms with Crippen molar-refractivity contribution in [3.8, 4) is 11.8 Å². The van der Waals surface area contributed by atoms with Crippen molar-refractivity contribution in [2.45, 2.75) is 20.5 Å². The van der Waals surface area contributed by atoms with E-state index < -0.39 is 11.9 Å². The summed E-state index contributed by atoms with van der Waals surface area (Å²) in [5, 5.41) is 12.4. The van der Waals surface area contributed by atoms with Gasteiger partial charge in [-0.25, -0.2) is 4.79 Å². The first-order valence-electron chi connectivity index (χ1n) is 10.3. The lowest BCUT2D eigenvalue weighted by molar-refractivity contribution is -0.112. The smallest absolute Gasteiger partial charge is 0.337 e. The molecule has 0 saturated heterocycles. The Hall–Kier alpha value is -4.37. The maximum Gasteiger partial charge on any atom is 0.337 e. The number of ether oxygens (including phenoxy) is 2. The lowest BCUT2D eigenvalue weighted by atomic mass is 10.1. The Morgan fingerprint density at radius 1 is 0.970 bits per heavy atom. The van der Waals surface area contributed by atoms with Crippen LogP contribution in [0.3, 0.4) is 0 Å². The monoisotopic (exact) mass is 440 g/mol. The number of para-hydroxylation sites is 2. The minimum absolute atomic E-state index is 0.0314. The van der Waals surface area contributed by atoms with Gasteiger partial charge in [-0.15, -0.1) is 0 Å². The highest BCUT2D eigenvalue weighted by Gasteiger charge is 2.14. The number of benzene rings is 3. The zero-order chi connectivity index (χ0) is 23.8. The normalized spacial score (nSPS) is 10.8. The molecule has 0 spiro atoms. The van der Waals surface area contributed by atoms with E-state index in [2.05, 4.69) is 5.32 Å². The van der Waals surface area contributed by atoms with E-state index in [0.29, 0.717) is 22.6 Å². The number of nitrogens with one attached hydrogen (secondary N) is 1. The number of esters is 1. The predicted molar refractivity (Wildman–Crippen MR) is 127 cm³/mol. The number of hydrogen-bond acceptors (Lipinski definition) is 5. The number of carbonyl (C=O) groups is 2. The van der Waals surface area contributed by atoms with Crippen molar-refractivity contribution in [3.05, 3.63) is 100 Å². The van der Waals surface area contributed by atoms with E-state index in [0.717, 1.165) is 16.7 Å². The Labute approximate surface area is 193 Å². The molecule has 166 valence electrons. The lowest BCUT2D eigenvalue weighted by Gasteiger charge is -2.12. The molecule has 0 atom stereocenters. The lowest BCUT2D eigenvalue weighted by Crippen LogP contribution is -2.15. The summed E-state index contributed by atoms with van der Waals surface area (Å²) in [6, 6.07) is 21.8. The molecule has 1 N–H and O–H groups in total. The fraction of sp³-hybridized carbons (Fsp3) is 0.148. The standard InChI is InChI=1S/C27H24N2O4/c1-18-7-6-8-19(2)25(18)29-26(30)23(16-28)15-22-9-4-5-10-24(22)33-17-20-11-13-21(14-12-20)27(31)32-3/h4-15H,17H2,1-3H3,(H,29,30)/b23-15-.